The first-order chi connectivity index (χ1) is 9.15. The molecule has 0 amide bonds. The summed E-state index contributed by atoms with van der Waals surface area (Å²) in [6.07, 6.45) is 3.28. The quantitative estimate of drug-likeness (QED) is 0.763. The number of benzene rings is 1. The van der Waals surface area contributed by atoms with Crippen molar-refractivity contribution in [3.8, 4) is 0 Å². The molecule has 0 spiro atoms. The van der Waals surface area contributed by atoms with Crippen LogP contribution in [0.15, 0.2) is 39.7 Å². The zero-order chi connectivity index (χ0) is 13.4. The van der Waals surface area contributed by atoms with E-state index in [1.54, 1.807) is 0 Å². The third-order valence-electron chi connectivity index (χ3n) is 2.93. The highest BCUT2D eigenvalue weighted by Crippen LogP contribution is 2.31. The lowest BCUT2D eigenvalue weighted by Crippen LogP contribution is -1.98. The van der Waals surface area contributed by atoms with Crippen molar-refractivity contribution in [1.82, 2.24) is 9.97 Å². The van der Waals surface area contributed by atoms with Gasteiger partial charge >= 0.3 is 0 Å². The zero-order valence-electron chi connectivity index (χ0n) is 10.6. The van der Waals surface area contributed by atoms with E-state index in [1.807, 2.05) is 38.2 Å². The number of pyridine rings is 1. The van der Waals surface area contributed by atoms with Gasteiger partial charge in [0.1, 0.15) is 11.3 Å². The van der Waals surface area contributed by atoms with E-state index >= 15 is 0 Å². The molecule has 19 heavy (non-hydrogen) atoms. The number of oxazole rings is 1. The fourth-order valence-electron chi connectivity index (χ4n) is 1.93. The standard InChI is InChI=1S/C14H12BrN3O/c1-8-5-10(15)14(16-6-8)18-12-9(2)3-4-11-13(12)17-7-19-11/h3-7H,1-2H3,(H,16,18). The number of nitrogens with zero attached hydrogens (tertiary/aromatic N) is 2. The van der Waals surface area contributed by atoms with Gasteiger partial charge in [-0.15, -0.1) is 0 Å². The Morgan fingerprint density at radius 3 is 2.84 bits per heavy atom. The number of hydrogen-bond acceptors (Lipinski definition) is 4. The largest absolute Gasteiger partial charge is 0.443 e. The van der Waals surface area contributed by atoms with Crippen LogP contribution >= 0.6 is 15.9 Å². The van der Waals surface area contributed by atoms with Crippen LogP contribution in [0.4, 0.5) is 11.5 Å². The Bertz CT molecular complexity index is 752. The predicted octanol–water partition coefficient (Wildman–Crippen LogP) is 4.35. The summed E-state index contributed by atoms with van der Waals surface area (Å²) in [6, 6.07) is 5.94. The second-order valence-electron chi connectivity index (χ2n) is 4.42. The molecule has 4 nitrogen and oxygen atoms in total. The topological polar surface area (TPSA) is 51.0 Å². The van der Waals surface area contributed by atoms with Crippen molar-refractivity contribution < 1.29 is 4.42 Å². The first kappa shape index (κ1) is 12.2. The van der Waals surface area contributed by atoms with E-state index in [1.165, 1.54) is 6.39 Å². The molecule has 1 N–H and O–H groups in total. The minimum atomic E-state index is 0.760. The number of rotatable bonds is 2. The fourth-order valence-corrected chi connectivity index (χ4v) is 2.50. The van der Waals surface area contributed by atoms with Gasteiger partial charge in [-0.2, -0.15) is 0 Å². The van der Waals surface area contributed by atoms with Gasteiger partial charge in [0.05, 0.1) is 10.2 Å². The SMILES string of the molecule is Cc1cnc(Nc2c(C)ccc3ocnc23)c(Br)c1. The van der Waals surface area contributed by atoms with Crippen LogP contribution in [-0.4, -0.2) is 9.97 Å². The molecule has 2 aromatic heterocycles. The summed E-state index contributed by atoms with van der Waals surface area (Å²) in [4.78, 5) is 8.64. The first-order valence-electron chi connectivity index (χ1n) is 5.87. The molecule has 0 saturated carbocycles. The maximum Gasteiger partial charge on any atom is 0.182 e. The summed E-state index contributed by atoms with van der Waals surface area (Å²) < 4.78 is 6.24. The van der Waals surface area contributed by atoms with Gasteiger partial charge in [-0.05, 0) is 53.0 Å². The molecule has 0 unspecified atom stereocenters. The number of halogens is 1. The number of hydrogen-bond donors (Lipinski definition) is 1. The van der Waals surface area contributed by atoms with Crippen LogP contribution in [0.1, 0.15) is 11.1 Å². The molecule has 0 aliphatic rings. The second kappa shape index (κ2) is 4.66. The maximum atomic E-state index is 5.32. The summed E-state index contributed by atoms with van der Waals surface area (Å²) in [5.74, 6) is 0.768. The van der Waals surface area contributed by atoms with Crippen LogP contribution in [0.3, 0.4) is 0 Å². The highest BCUT2D eigenvalue weighted by Gasteiger charge is 2.11. The van der Waals surface area contributed by atoms with Gasteiger partial charge in [-0.1, -0.05) is 6.07 Å². The van der Waals surface area contributed by atoms with Crippen LogP contribution in [0, 0.1) is 13.8 Å². The number of aryl methyl sites for hydroxylation is 2. The summed E-state index contributed by atoms with van der Waals surface area (Å²) in [5, 5.41) is 3.32. The van der Waals surface area contributed by atoms with Crippen molar-refractivity contribution >= 4 is 38.5 Å². The Kier molecular flexibility index (Phi) is 2.98. The number of nitrogens with one attached hydrogen (secondary N) is 1. The third-order valence-corrected chi connectivity index (χ3v) is 3.54. The average Bonchev–Trinajstić information content (AvgIpc) is 2.84. The summed E-state index contributed by atoms with van der Waals surface area (Å²) in [7, 11) is 0. The van der Waals surface area contributed by atoms with Crippen LogP contribution in [0.25, 0.3) is 11.1 Å². The van der Waals surface area contributed by atoms with E-state index < -0.39 is 0 Å². The molecule has 0 atom stereocenters. The highest BCUT2D eigenvalue weighted by atomic mass is 79.9. The molecule has 0 bridgehead atoms. The fraction of sp³-hybridized carbons (Fsp3) is 0.143. The minimum absolute atomic E-state index is 0.760. The Hall–Kier alpha value is -1.88. The lowest BCUT2D eigenvalue weighted by Gasteiger charge is -2.11. The molecule has 0 aliphatic carbocycles. The Balaban J connectivity index is 2.10. The van der Waals surface area contributed by atoms with Gasteiger partial charge in [0.15, 0.2) is 12.0 Å². The lowest BCUT2D eigenvalue weighted by molar-refractivity contribution is 0.602. The van der Waals surface area contributed by atoms with Crippen LogP contribution < -0.4 is 5.32 Å². The van der Waals surface area contributed by atoms with Crippen LogP contribution in [0.2, 0.25) is 0 Å². The molecule has 1 aromatic carbocycles. The van der Waals surface area contributed by atoms with Crippen molar-refractivity contribution in [2.24, 2.45) is 0 Å². The molecule has 2 heterocycles. The number of fused-ring (bicyclic) bond motifs is 1. The van der Waals surface area contributed by atoms with E-state index in [-0.39, 0.29) is 0 Å². The van der Waals surface area contributed by atoms with Gasteiger partial charge in [0.2, 0.25) is 0 Å². The predicted molar refractivity (Wildman–Crippen MR) is 78.7 cm³/mol. The third kappa shape index (κ3) is 2.21. The minimum Gasteiger partial charge on any atom is -0.443 e. The van der Waals surface area contributed by atoms with Gasteiger partial charge in [-0.3, -0.25) is 0 Å². The van der Waals surface area contributed by atoms with E-state index in [9.17, 15) is 0 Å². The molecule has 96 valence electrons. The van der Waals surface area contributed by atoms with Crippen molar-refractivity contribution in [2.45, 2.75) is 13.8 Å². The van der Waals surface area contributed by atoms with Gasteiger partial charge < -0.3 is 9.73 Å². The first-order valence-corrected chi connectivity index (χ1v) is 6.66. The molecule has 3 rings (SSSR count). The Morgan fingerprint density at radius 2 is 2.05 bits per heavy atom. The zero-order valence-corrected chi connectivity index (χ0v) is 12.2. The van der Waals surface area contributed by atoms with E-state index in [0.29, 0.717) is 0 Å². The lowest BCUT2D eigenvalue weighted by atomic mass is 10.1. The molecule has 0 fully saturated rings. The molecule has 0 aliphatic heterocycles. The van der Waals surface area contributed by atoms with Gasteiger partial charge in [0, 0.05) is 6.20 Å². The van der Waals surface area contributed by atoms with Gasteiger partial charge in [-0.25, -0.2) is 9.97 Å². The number of aromatic nitrogens is 2. The maximum absolute atomic E-state index is 5.32. The van der Waals surface area contributed by atoms with Crippen molar-refractivity contribution in [3.05, 3.63) is 46.4 Å². The second-order valence-corrected chi connectivity index (χ2v) is 5.28. The van der Waals surface area contributed by atoms with Crippen LogP contribution in [-0.2, 0) is 0 Å². The van der Waals surface area contributed by atoms with Crippen molar-refractivity contribution in [2.75, 3.05) is 5.32 Å². The normalized spacial score (nSPS) is 10.9. The van der Waals surface area contributed by atoms with E-state index in [4.69, 9.17) is 4.42 Å². The van der Waals surface area contributed by atoms with E-state index in [0.717, 1.165) is 38.2 Å². The van der Waals surface area contributed by atoms with E-state index in [2.05, 4.69) is 31.2 Å². The van der Waals surface area contributed by atoms with Crippen LogP contribution in [0.5, 0.6) is 0 Å². The van der Waals surface area contributed by atoms with Crippen molar-refractivity contribution in [1.29, 1.82) is 0 Å². The molecule has 0 radical (unpaired) electrons. The summed E-state index contributed by atoms with van der Waals surface area (Å²) in [5.41, 5.74) is 4.69. The molecule has 3 aromatic rings. The molecular formula is C14H12BrN3O. The smallest absolute Gasteiger partial charge is 0.182 e. The highest BCUT2D eigenvalue weighted by molar-refractivity contribution is 9.10. The number of anilines is 2. The Labute approximate surface area is 119 Å². The summed E-state index contributed by atoms with van der Waals surface area (Å²) >= 11 is 3.52. The molecule has 0 saturated heterocycles. The monoisotopic (exact) mass is 317 g/mol. The van der Waals surface area contributed by atoms with Crippen molar-refractivity contribution in [3.63, 3.8) is 0 Å². The Morgan fingerprint density at radius 1 is 1.21 bits per heavy atom. The van der Waals surface area contributed by atoms with Gasteiger partial charge in [0.25, 0.3) is 0 Å². The summed E-state index contributed by atoms with van der Waals surface area (Å²) in [6.45, 7) is 4.03. The average molecular weight is 318 g/mol. The molecular weight excluding hydrogens is 306 g/mol. The molecule has 5 heteroatoms.